The van der Waals surface area contributed by atoms with Crippen molar-refractivity contribution in [3.05, 3.63) is 89.0 Å². The highest BCUT2D eigenvalue weighted by atomic mass is 32.2. The van der Waals surface area contributed by atoms with Crippen LogP contribution in [0.5, 0.6) is 5.75 Å². The zero-order valence-corrected chi connectivity index (χ0v) is 29.8. The second-order valence-electron chi connectivity index (χ2n) is 13.1. The van der Waals surface area contributed by atoms with E-state index in [-0.39, 0.29) is 53.0 Å². The van der Waals surface area contributed by atoms with Gasteiger partial charge in [0.2, 0.25) is 0 Å². The molecule has 3 N–H and O–H groups in total. The summed E-state index contributed by atoms with van der Waals surface area (Å²) in [5.74, 6) is -1.17. The quantitative estimate of drug-likeness (QED) is 0.253. The number of benzene rings is 3. The third-order valence-corrected chi connectivity index (χ3v) is 10.2. The molecule has 3 aromatic rings. The number of aryl methyl sites for hydroxylation is 1. The number of hydrogen-bond acceptors (Lipinski definition) is 8. The average Bonchev–Trinajstić information content (AvgIpc) is 3.06. The van der Waals surface area contributed by atoms with Crippen LogP contribution in [0.15, 0.2) is 71.6 Å². The number of ether oxygens (including phenoxy) is 2. The van der Waals surface area contributed by atoms with Crippen LogP contribution in [0.4, 0.5) is 5.69 Å². The number of anilines is 1. The largest absolute Gasteiger partial charge is 0.490 e. The lowest BCUT2D eigenvalue weighted by atomic mass is 10.0. The maximum absolute atomic E-state index is 14.4. The van der Waals surface area contributed by atoms with Crippen LogP contribution in [0, 0.1) is 12.8 Å². The second kappa shape index (κ2) is 17.1. The third kappa shape index (κ3) is 10.5. The van der Waals surface area contributed by atoms with Gasteiger partial charge in [-0.3, -0.25) is 14.4 Å². The minimum Gasteiger partial charge on any atom is -0.490 e. The van der Waals surface area contributed by atoms with E-state index in [1.54, 1.807) is 60.4 Å². The molecule has 4 rings (SSSR count). The van der Waals surface area contributed by atoms with Crippen molar-refractivity contribution in [2.24, 2.45) is 5.92 Å². The third-order valence-electron chi connectivity index (χ3n) is 8.78. The lowest BCUT2D eigenvalue weighted by Gasteiger charge is -2.36. The van der Waals surface area contributed by atoms with E-state index in [0.29, 0.717) is 25.4 Å². The Morgan fingerprint density at radius 3 is 2.41 bits per heavy atom. The number of rotatable bonds is 10. The van der Waals surface area contributed by atoms with E-state index in [0.717, 1.165) is 30.4 Å². The van der Waals surface area contributed by atoms with Crippen LogP contribution in [-0.4, -0.2) is 91.9 Å². The number of carbonyl (C=O) groups is 2. The van der Waals surface area contributed by atoms with Crippen molar-refractivity contribution in [1.29, 1.82) is 0 Å². The van der Waals surface area contributed by atoms with Crippen LogP contribution >= 0.6 is 0 Å². The van der Waals surface area contributed by atoms with Crippen LogP contribution in [-0.2, 0) is 21.3 Å². The van der Waals surface area contributed by atoms with Crippen molar-refractivity contribution >= 4 is 27.6 Å². The molecule has 3 aromatic carbocycles. The van der Waals surface area contributed by atoms with Gasteiger partial charge >= 0.3 is 5.97 Å². The van der Waals surface area contributed by atoms with Gasteiger partial charge in [0.25, 0.3) is 15.9 Å². The van der Waals surface area contributed by atoms with E-state index in [1.165, 1.54) is 18.2 Å². The molecule has 0 radical (unpaired) electrons. The maximum Gasteiger partial charge on any atom is 0.335 e. The number of hydrogen-bond donors (Lipinski definition) is 3. The average molecular weight is 696 g/mol. The number of fused-ring (bicyclic) bond motifs is 1. The predicted octanol–water partition coefficient (Wildman–Crippen LogP) is 5.42. The molecular weight excluding hydrogens is 646 g/mol. The lowest BCUT2D eigenvalue weighted by molar-refractivity contribution is -0.0177. The molecule has 0 aliphatic carbocycles. The Bertz CT molecular complexity index is 1660. The zero-order valence-electron chi connectivity index (χ0n) is 29.0. The van der Waals surface area contributed by atoms with E-state index in [9.17, 15) is 28.2 Å². The fourth-order valence-corrected chi connectivity index (χ4v) is 6.87. The molecule has 1 heterocycles. The van der Waals surface area contributed by atoms with Crippen LogP contribution in [0.3, 0.4) is 0 Å². The summed E-state index contributed by atoms with van der Waals surface area (Å²) >= 11 is 0. The SMILES string of the molecule is Cc1ccc(S(=O)(=O)Nc2ccc3c(c2)C(=O)N([C@@H](C)CO)C[C@H](C)[C@H](CN(C)Cc2ccc(C(=O)O)cc2)OCCCC[C@@H](C)O3)cc1. The fraction of sp³-hybridized carbons (Fsp3) is 0.459. The number of carbonyl (C=O) groups excluding carboxylic acids is 1. The van der Waals surface area contributed by atoms with Gasteiger partial charge < -0.3 is 24.6 Å². The molecule has 4 atom stereocenters. The number of nitrogens with one attached hydrogen (secondary N) is 1. The Balaban J connectivity index is 1.62. The summed E-state index contributed by atoms with van der Waals surface area (Å²) in [7, 11) is -1.96. The number of nitrogens with zero attached hydrogens (tertiary/aromatic N) is 2. The van der Waals surface area contributed by atoms with Crippen molar-refractivity contribution in [2.45, 2.75) is 76.6 Å². The Kier molecular flexibility index (Phi) is 13.2. The monoisotopic (exact) mass is 695 g/mol. The summed E-state index contributed by atoms with van der Waals surface area (Å²) in [5.41, 5.74) is 2.54. The number of aromatic carboxylic acids is 1. The van der Waals surface area contributed by atoms with Crippen LogP contribution in [0.25, 0.3) is 0 Å². The molecule has 11 nitrogen and oxygen atoms in total. The van der Waals surface area contributed by atoms with Crippen molar-refractivity contribution < 1.29 is 37.7 Å². The molecule has 1 aliphatic rings. The topological polar surface area (TPSA) is 146 Å². The van der Waals surface area contributed by atoms with Gasteiger partial charge in [-0.05, 0) is 95.1 Å². The Hall–Kier alpha value is -3.97. The van der Waals surface area contributed by atoms with Gasteiger partial charge in [0.1, 0.15) is 5.75 Å². The van der Waals surface area contributed by atoms with E-state index in [4.69, 9.17) is 9.47 Å². The summed E-state index contributed by atoms with van der Waals surface area (Å²) in [4.78, 5) is 29.5. The van der Waals surface area contributed by atoms with E-state index >= 15 is 0 Å². The number of sulfonamides is 1. The van der Waals surface area contributed by atoms with Crippen molar-refractivity contribution in [3.63, 3.8) is 0 Å². The van der Waals surface area contributed by atoms with Crippen LogP contribution in [0.1, 0.15) is 71.9 Å². The number of carboxylic acid groups (broad SMARTS) is 1. The van der Waals surface area contributed by atoms with Crippen LogP contribution < -0.4 is 9.46 Å². The highest BCUT2D eigenvalue weighted by Gasteiger charge is 2.31. The van der Waals surface area contributed by atoms with E-state index in [1.807, 2.05) is 27.8 Å². The summed E-state index contributed by atoms with van der Waals surface area (Å²) in [6.07, 6.45) is 1.91. The first kappa shape index (κ1) is 37.8. The normalized spacial score (nSPS) is 20.2. The van der Waals surface area contributed by atoms with Gasteiger partial charge in [-0.15, -0.1) is 0 Å². The van der Waals surface area contributed by atoms with Gasteiger partial charge in [0.15, 0.2) is 0 Å². The van der Waals surface area contributed by atoms with Crippen LogP contribution in [0.2, 0.25) is 0 Å². The number of likely N-dealkylation sites (N-methyl/N-ethyl adjacent to an activating group) is 1. The molecule has 1 aliphatic heterocycles. The molecule has 266 valence electrons. The molecule has 0 bridgehead atoms. The molecular formula is C37H49N3O8S. The van der Waals surface area contributed by atoms with Crippen molar-refractivity contribution in [2.75, 3.05) is 38.1 Å². The molecule has 0 unspecified atom stereocenters. The first-order valence-corrected chi connectivity index (χ1v) is 18.2. The first-order chi connectivity index (χ1) is 23.3. The summed E-state index contributed by atoms with van der Waals surface area (Å²) in [6.45, 7) is 9.25. The Morgan fingerprint density at radius 1 is 1.06 bits per heavy atom. The number of carboxylic acids is 1. The molecule has 49 heavy (non-hydrogen) atoms. The fourth-order valence-electron chi connectivity index (χ4n) is 5.82. The van der Waals surface area contributed by atoms with Crippen molar-refractivity contribution in [3.8, 4) is 5.75 Å². The number of aliphatic hydroxyl groups excluding tert-OH is 1. The number of amides is 1. The smallest absolute Gasteiger partial charge is 0.335 e. The molecule has 0 saturated heterocycles. The van der Waals surface area contributed by atoms with E-state index < -0.39 is 27.9 Å². The highest BCUT2D eigenvalue weighted by molar-refractivity contribution is 7.92. The molecule has 12 heteroatoms. The first-order valence-electron chi connectivity index (χ1n) is 16.7. The minimum absolute atomic E-state index is 0.104. The van der Waals surface area contributed by atoms with Gasteiger partial charge in [-0.25, -0.2) is 13.2 Å². The maximum atomic E-state index is 14.4. The molecule has 0 aromatic heterocycles. The number of aliphatic hydroxyl groups is 1. The standard InChI is InChI=1S/C37H49N3O8S/c1-25-9-16-32(17-10-25)49(45,46)38-31-15-18-34-33(20-31)36(42)40(27(3)24-41)21-26(2)35(47-19-7-6-8-28(4)48-34)23-39(5)22-29-11-13-30(14-12-29)37(43)44/h9-18,20,26-28,35,38,41H,6-8,19,21-24H2,1-5H3,(H,43,44)/t26-,27-,28+,35-/m0/s1. The molecule has 1 amide bonds. The minimum atomic E-state index is -3.93. The summed E-state index contributed by atoms with van der Waals surface area (Å²) in [5, 5.41) is 19.5. The molecule has 0 fully saturated rings. The van der Waals surface area contributed by atoms with Gasteiger partial charge in [0.05, 0.1) is 40.9 Å². The summed E-state index contributed by atoms with van der Waals surface area (Å²) in [6, 6.07) is 17.5. The van der Waals surface area contributed by atoms with Gasteiger partial charge in [-0.2, -0.15) is 0 Å². The highest BCUT2D eigenvalue weighted by Crippen LogP contribution is 2.29. The second-order valence-corrected chi connectivity index (χ2v) is 14.8. The van der Waals surface area contributed by atoms with Crippen molar-refractivity contribution in [1.82, 2.24) is 9.80 Å². The molecule has 0 spiro atoms. The lowest BCUT2D eigenvalue weighted by Crippen LogP contribution is -2.47. The predicted molar refractivity (Wildman–Crippen MR) is 189 cm³/mol. The zero-order chi connectivity index (χ0) is 35.7. The molecule has 0 saturated carbocycles. The van der Waals surface area contributed by atoms with E-state index in [2.05, 4.69) is 9.62 Å². The Labute approximate surface area is 289 Å². The summed E-state index contributed by atoms with van der Waals surface area (Å²) < 4.78 is 41.8. The van der Waals surface area contributed by atoms with Gasteiger partial charge in [0, 0.05) is 37.8 Å². The Morgan fingerprint density at radius 2 is 1.76 bits per heavy atom. The van der Waals surface area contributed by atoms with Gasteiger partial charge in [-0.1, -0.05) is 36.8 Å².